The van der Waals surface area contributed by atoms with Crippen molar-refractivity contribution in [2.24, 2.45) is 0 Å². The zero-order valence-electron chi connectivity index (χ0n) is 10.5. The van der Waals surface area contributed by atoms with Gasteiger partial charge in [-0.25, -0.2) is 0 Å². The third-order valence-electron chi connectivity index (χ3n) is 2.38. The van der Waals surface area contributed by atoms with E-state index in [9.17, 15) is 14.4 Å². The summed E-state index contributed by atoms with van der Waals surface area (Å²) in [6, 6.07) is 4.35. The average molecular weight is 251 g/mol. The predicted molar refractivity (Wildman–Crippen MR) is 67.3 cm³/mol. The van der Waals surface area contributed by atoms with Gasteiger partial charge in [-0.2, -0.15) is 0 Å². The monoisotopic (exact) mass is 251 g/mol. The van der Waals surface area contributed by atoms with Crippen molar-refractivity contribution in [2.75, 3.05) is 19.6 Å². The molecule has 0 atom stereocenters. The van der Waals surface area contributed by atoms with E-state index in [1.807, 2.05) is 6.92 Å². The normalized spacial score (nSPS) is 9.89. The second-order valence-corrected chi connectivity index (χ2v) is 3.70. The van der Waals surface area contributed by atoms with Crippen LogP contribution in [0.2, 0.25) is 0 Å². The van der Waals surface area contributed by atoms with E-state index in [-0.39, 0.29) is 29.6 Å². The highest BCUT2D eigenvalue weighted by molar-refractivity contribution is 5.94. The van der Waals surface area contributed by atoms with Crippen LogP contribution in [-0.4, -0.2) is 41.3 Å². The number of nitrogens with one attached hydrogen (secondary N) is 2. The van der Waals surface area contributed by atoms with Gasteiger partial charge in [0.1, 0.15) is 5.69 Å². The standard InChI is InChI=1S/C12H17N3O3/c1-3-13-11(17)8-15(4-2)12(18)9-6-5-7-10(16)14-9/h5-7H,3-4,8H2,1-2H3,(H,13,17)(H,14,16). The van der Waals surface area contributed by atoms with Crippen molar-refractivity contribution in [3.8, 4) is 0 Å². The van der Waals surface area contributed by atoms with E-state index < -0.39 is 0 Å². The van der Waals surface area contributed by atoms with Crippen molar-refractivity contribution < 1.29 is 9.59 Å². The van der Waals surface area contributed by atoms with E-state index in [1.54, 1.807) is 6.92 Å². The van der Waals surface area contributed by atoms with E-state index in [0.29, 0.717) is 13.1 Å². The van der Waals surface area contributed by atoms with Crippen LogP contribution in [0.25, 0.3) is 0 Å². The highest BCUT2D eigenvalue weighted by atomic mass is 16.2. The first-order valence-corrected chi connectivity index (χ1v) is 5.83. The van der Waals surface area contributed by atoms with Gasteiger partial charge in [-0.05, 0) is 19.9 Å². The number of aromatic nitrogens is 1. The molecule has 2 N–H and O–H groups in total. The Balaban J connectivity index is 2.79. The van der Waals surface area contributed by atoms with Gasteiger partial charge in [-0.3, -0.25) is 14.4 Å². The molecule has 18 heavy (non-hydrogen) atoms. The van der Waals surface area contributed by atoms with Crippen molar-refractivity contribution >= 4 is 11.8 Å². The first kappa shape index (κ1) is 14.0. The molecule has 0 spiro atoms. The molecule has 1 rings (SSSR count). The maximum absolute atomic E-state index is 12.0. The van der Waals surface area contributed by atoms with Crippen LogP contribution in [0.4, 0.5) is 0 Å². The molecule has 1 aromatic rings. The number of nitrogens with zero attached hydrogens (tertiary/aromatic N) is 1. The zero-order valence-corrected chi connectivity index (χ0v) is 10.5. The molecular formula is C12H17N3O3. The number of rotatable bonds is 5. The van der Waals surface area contributed by atoms with Gasteiger partial charge in [-0.15, -0.1) is 0 Å². The molecule has 0 saturated carbocycles. The molecule has 1 heterocycles. The molecule has 0 unspecified atom stereocenters. The van der Waals surface area contributed by atoms with E-state index in [1.165, 1.54) is 23.1 Å². The number of H-pyrrole nitrogens is 1. The Bertz CT molecular complexity index is 481. The third kappa shape index (κ3) is 3.73. The topological polar surface area (TPSA) is 82.3 Å². The summed E-state index contributed by atoms with van der Waals surface area (Å²) in [6.45, 7) is 4.49. The number of aromatic amines is 1. The maximum atomic E-state index is 12.0. The Morgan fingerprint density at radius 1 is 1.33 bits per heavy atom. The van der Waals surface area contributed by atoms with Gasteiger partial charge in [0.05, 0.1) is 6.54 Å². The summed E-state index contributed by atoms with van der Waals surface area (Å²) in [5.74, 6) is -0.576. The van der Waals surface area contributed by atoms with Crippen molar-refractivity contribution in [3.63, 3.8) is 0 Å². The molecule has 0 fully saturated rings. The zero-order chi connectivity index (χ0) is 13.5. The molecular weight excluding hydrogens is 234 g/mol. The first-order valence-electron chi connectivity index (χ1n) is 5.83. The molecule has 0 aromatic carbocycles. The van der Waals surface area contributed by atoms with Crippen LogP contribution in [0.5, 0.6) is 0 Å². The number of carbonyl (C=O) groups is 2. The minimum absolute atomic E-state index is 0.0138. The van der Waals surface area contributed by atoms with E-state index in [2.05, 4.69) is 10.3 Å². The molecule has 2 amide bonds. The average Bonchev–Trinajstić information content (AvgIpc) is 2.35. The van der Waals surface area contributed by atoms with Crippen LogP contribution in [0.15, 0.2) is 23.0 Å². The number of likely N-dealkylation sites (N-methyl/N-ethyl adjacent to an activating group) is 2. The lowest BCUT2D eigenvalue weighted by Crippen LogP contribution is -2.41. The number of hydrogen-bond donors (Lipinski definition) is 2. The number of hydrogen-bond acceptors (Lipinski definition) is 3. The fourth-order valence-corrected chi connectivity index (χ4v) is 1.50. The van der Waals surface area contributed by atoms with E-state index >= 15 is 0 Å². The summed E-state index contributed by atoms with van der Waals surface area (Å²) in [4.78, 5) is 38.4. The molecule has 6 heteroatoms. The lowest BCUT2D eigenvalue weighted by molar-refractivity contribution is -0.121. The molecule has 0 radical (unpaired) electrons. The van der Waals surface area contributed by atoms with E-state index in [4.69, 9.17) is 0 Å². The SMILES string of the molecule is CCNC(=O)CN(CC)C(=O)c1cccc(=O)[nH]1. The molecule has 0 aliphatic carbocycles. The predicted octanol–water partition coefficient (Wildman–Crippen LogP) is -0.0269. The van der Waals surface area contributed by atoms with Gasteiger partial charge >= 0.3 is 0 Å². The summed E-state index contributed by atoms with van der Waals surface area (Å²) in [5, 5.41) is 2.62. The molecule has 6 nitrogen and oxygen atoms in total. The van der Waals surface area contributed by atoms with Crippen molar-refractivity contribution in [1.82, 2.24) is 15.2 Å². The molecule has 0 aliphatic heterocycles. The molecule has 0 saturated heterocycles. The van der Waals surface area contributed by atoms with E-state index in [0.717, 1.165) is 0 Å². The fraction of sp³-hybridized carbons (Fsp3) is 0.417. The quantitative estimate of drug-likeness (QED) is 0.771. The summed E-state index contributed by atoms with van der Waals surface area (Å²) in [7, 11) is 0. The van der Waals surface area contributed by atoms with Crippen LogP contribution in [-0.2, 0) is 4.79 Å². The van der Waals surface area contributed by atoms with Gasteiger partial charge in [0.25, 0.3) is 5.91 Å². The second-order valence-electron chi connectivity index (χ2n) is 3.70. The van der Waals surface area contributed by atoms with Gasteiger partial charge < -0.3 is 15.2 Å². The van der Waals surface area contributed by atoms with Gasteiger partial charge in [-0.1, -0.05) is 6.07 Å². The second kappa shape index (κ2) is 6.58. The minimum atomic E-state index is -0.360. The highest BCUT2D eigenvalue weighted by Crippen LogP contribution is 1.99. The number of amides is 2. The van der Waals surface area contributed by atoms with Crippen LogP contribution in [0.1, 0.15) is 24.3 Å². The lowest BCUT2D eigenvalue weighted by atomic mass is 10.3. The molecule has 0 aliphatic rings. The Morgan fingerprint density at radius 2 is 2.06 bits per heavy atom. The van der Waals surface area contributed by atoms with Crippen LogP contribution >= 0.6 is 0 Å². The highest BCUT2D eigenvalue weighted by Gasteiger charge is 2.17. The van der Waals surface area contributed by atoms with Crippen LogP contribution < -0.4 is 10.9 Å². The summed E-state index contributed by atoms with van der Waals surface area (Å²) < 4.78 is 0. The van der Waals surface area contributed by atoms with Gasteiger partial charge in [0.15, 0.2) is 0 Å². The van der Waals surface area contributed by atoms with Crippen LogP contribution in [0.3, 0.4) is 0 Å². The van der Waals surface area contributed by atoms with Gasteiger partial charge in [0.2, 0.25) is 11.5 Å². The Hall–Kier alpha value is -2.11. The largest absolute Gasteiger partial charge is 0.355 e. The molecule has 0 bridgehead atoms. The molecule has 98 valence electrons. The third-order valence-corrected chi connectivity index (χ3v) is 2.38. The van der Waals surface area contributed by atoms with Crippen molar-refractivity contribution in [2.45, 2.75) is 13.8 Å². The maximum Gasteiger partial charge on any atom is 0.270 e. The Labute approximate surface area is 105 Å². The first-order chi connectivity index (χ1) is 8.58. The Kier molecular flexibility index (Phi) is 5.10. The van der Waals surface area contributed by atoms with Crippen LogP contribution in [0, 0.1) is 0 Å². The smallest absolute Gasteiger partial charge is 0.270 e. The minimum Gasteiger partial charge on any atom is -0.355 e. The molecule has 1 aromatic heterocycles. The van der Waals surface area contributed by atoms with Crippen molar-refractivity contribution in [3.05, 3.63) is 34.2 Å². The summed E-state index contributed by atoms with van der Waals surface area (Å²) in [6.07, 6.45) is 0. The van der Waals surface area contributed by atoms with Crippen molar-refractivity contribution in [1.29, 1.82) is 0 Å². The fourth-order valence-electron chi connectivity index (χ4n) is 1.50. The summed E-state index contributed by atoms with van der Waals surface area (Å²) in [5.41, 5.74) is -0.149. The summed E-state index contributed by atoms with van der Waals surface area (Å²) >= 11 is 0. The Morgan fingerprint density at radius 3 is 2.61 bits per heavy atom. The van der Waals surface area contributed by atoms with Gasteiger partial charge in [0, 0.05) is 19.2 Å². The number of carbonyl (C=O) groups excluding carboxylic acids is 2. The lowest BCUT2D eigenvalue weighted by Gasteiger charge is -2.19. The number of pyridine rings is 1.